The van der Waals surface area contributed by atoms with Gasteiger partial charge in [0.2, 0.25) is 0 Å². The lowest BCUT2D eigenvalue weighted by molar-refractivity contribution is -0.131. The molecule has 0 radical (unpaired) electrons. The molecule has 1 aliphatic heterocycles. The van der Waals surface area contributed by atoms with Crippen LogP contribution in [-0.4, -0.2) is 27.2 Å². The molecule has 3 heterocycles. The molecule has 2 aromatic carbocycles. The van der Waals surface area contributed by atoms with Crippen LogP contribution in [-0.2, 0) is 9.59 Å². The first-order valence-electron chi connectivity index (χ1n) is 10.5. The zero-order chi connectivity index (χ0) is 23.8. The van der Waals surface area contributed by atoms with Crippen LogP contribution in [0.1, 0.15) is 28.6 Å². The van der Waals surface area contributed by atoms with Gasteiger partial charge in [-0.2, -0.15) is 11.3 Å². The van der Waals surface area contributed by atoms with Crippen LogP contribution >= 0.6 is 34.7 Å². The van der Waals surface area contributed by atoms with Crippen LogP contribution in [0, 0.1) is 13.8 Å². The summed E-state index contributed by atoms with van der Waals surface area (Å²) in [5.41, 5.74) is 7.36. The Hall–Kier alpha value is -3.07. The number of hydrogen-bond acceptors (Lipinski definition) is 6. The summed E-state index contributed by atoms with van der Waals surface area (Å²) < 4.78 is 5.30. The van der Waals surface area contributed by atoms with Gasteiger partial charge < -0.3 is 4.52 Å². The van der Waals surface area contributed by atoms with E-state index in [2.05, 4.69) is 10.6 Å². The predicted molar refractivity (Wildman–Crippen MR) is 134 cm³/mol. The summed E-state index contributed by atoms with van der Waals surface area (Å²) in [7, 11) is 0. The fourth-order valence-corrected chi connectivity index (χ4v) is 6.00. The Bertz CT molecular complexity index is 1330. The number of nitrogens with zero attached hydrogens (tertiary/aromatic N) is 2. The van der Waals surface area contributed by atoms with Crippen molar-refractivity contribution >= 4 is 46.5 Å². The van der Waals surface area contributed by atoms with Gasteiger partial charge in [0.15, 0.2) is 5.25 Å². The summed E-state index contributed by atoms with van der Waals surface area (Å²) in [5, 5.41) is 9.01. The van der Waals surface area contributed by atoms with E-state index in [9.17, 15) is 9.59 Å². The fraction of sp³-hybridized carbons (Fsp3) is 0.160. The third-order valence-corrected chi connectivity index (χ3v) is 8.08. The van der Waals surface area contributed by atoms with E-state index >= 15 is 0 Å². The van der Waals surface area contributed by atoms with Gasteiger partial charge in [0.1, 0.15) is 11.8 Å². The van der Waals surface area contributed by atoms with Crippen LogP contribution in [0.5, 0.6) is 0 Å². The van der Waals surface area contributed by atoms with Gasteiger partial charge in [-0.3, -0.25) is 15.0 Å². The lowest BCUT2D eigenvalue weighted by Gasteiger charge is -2.27. The van der Waals surface area contributed by atoms with Gasteiger partial charge in [-0.1, -0.05) is 53.2 Å². The Morgan fingerprint density at radius 2 is 1.85 bits per heavy atom. The highest BCUT2D eigenvalue weighted by molar-refractivity contribution is 8.01. The Morgan fingerprint density at radius 3 is 2.50 bits per heavy atom. The minimum atomic E-state index is -0.914. The number of halogens is 1. The first kappa shape index (κ1) is 22.7. The third kappa shape index (κ3) is 4.13. The van der Waals surface area contributed by atoms with Crippen molar-refractivity contribution in [2.45, 2.75) is 30.0 Å². The van der Waals surface area contributed by atoms with Gasteiger partial charge >= 0.3 is 0 Å². The SMILES string of the molecule is Cc1noc(C)c1-c1ccc(C(c2ccsc2)N2NC(=O)C(Sc3ccccc3Cl)C2=O)cc1. The number of thioether (sulfide) groups is 1. The largest absolute Gasteiger partial charge is 0.361 e. The summed E-state index contributed by atoms with van der Waals surface area (Å²) in [6.45, 7) is 3.79. The zero-order valence-corrected chi connectivity index (χ0v) is 20.7. The summed E-state index contributed by atoms with van der Waals surface area (Å²) in [6.07, 6.45) is 0. The Kier molecular flexibility index (Phi) is 6.20. The maximum absolute atomic E-state index is 13.4. The smallest absolute Gasteiger partial charge is 0.265 e. The molecule has 2 amide bonds. The standard InChI is InChI=1S/C25H20ClN3O3S2/c1-14-21(15(2)32-28-14)16-7-9-17(10-8-16)22(18-11-12-33-13-18)29-25(31)23(24(30)27-29)34-20-6-4-3-5-19(20)26/h3-13,22-23H,1-2H3,(H,27,30). The monoisotopic (exact) mass is 509 g/mol. The quantitative estimate of drug-likeness (QED) is 0.332. The van der Waals surface area contributed by atoms with Crippen molar-refractivity contribution in [2.24, 2.45) is 0 Å². The molecule has 1 N–H and O–H groups in total. The maximum Gasteiger partial charge on any atom is 0.265 e. The molecule has 0 spiro atoms. The zero-order valence-electron chi connectivity index (χ0n) is 18.3. The first-order chi connectivity index (χ1) is 16.4. The van der Waals surface area contributed by atoms with Crippen LogP contribution in [0.15, 0.2) is 74.8 Å². The molecule has 4 aromatic rings. The van der Waals surface area contributed by atoms with Gasteiger partial charge in [0, 0.05) is 10.5 Å². The van der Waals surface area contributed by atoms with E-state index in [4.69, 9.17) is 16.1 Å². The Morgan fingerprint density at radius 1 is 1.09 bits per heavy atom. The van der Waals surface area contributed by atoms with Gasteiger partial charge in [0.05, 0.1) is 10.7 Å². The summed E-state index contributed by atoms with van der Waals surface area (Å²) in [4.78, 5) is 27.0. The minimum Gasteiger partial charge on any atom is -0.361 e. The second-order valence-corrected chi connectivity index (χ2v) is 10.2. The molecule has 9 heteroatoms. The molecule has 1 fully saturated rings. The molecule has 1 saturated heterocycles. The number of carbonyl (C=O) groups excluding carboxylic acids is 2. The number of rotatable bonds is 6. The highest BCUT2D eigenvalue weighted by Crippen LogP contribution is 2.38. The van der Waals surface area contributed by atoms with Crippen molar-refractivity contribution in [1.29, 1.82) is 0 Å². The van der Waals surface area contributed by atoms with Gasteiger partial charge in [-0.25, -0.2) is 5.01 Å². The second-order valence-electron chi connectivity index (χ2n) is 7.89. The molecule has 1 aliphatic rings. The Labute approximate surface area is 209 Å². The van der Waals surface area contributed by atoms with E-state index in [1.54, 1.807) is 12.1 Å². The van der Waals surface area contributed by atoms with E-state index < -0.39 is 11.3 Å². The van der Waals surface area contributed by atoms with E-state index in [0.717, 1.165) is 45.5 Å². The van der Waals surface area contributed by atoms with Crippen LogP contribution in [0.2, 0.25) is 5.02 Å². The number of benzene rings is 2. The highest BCUT2D eigenvalue weighted by Gasteiger charge is 2.44. The van der Waals surface area contributed by atoms with Crippen molar-refractivity contribution in [2.75, 3.05) is 0 Å². The van der Waals surface area contributed by atoms with Crippen molar-refractivity contribution in [3.63, 3.8) is 0 Å². The van der Waals surface area contributed by atoms with Crippen LogP contribution < -0.4 is 5.43 Å². The van der Waals surface area contributed by atoms with E-state index in [0.29, 0.717) is 9.92 Å². The van der Waals surface area contributed by atoms with Crippen molar-refractivity contribution in [3.8, 4) is 11.1 Å². The van der Waals surface area contributed by atoms with Crippen molar-refractivity contribution in [1.82, 2.24) is 15.6 Å². The van der Waals surface area contributed by atoms with Crippen LogP contribution in [0.4, 0.5) is 0 Å². The van der Waals surface area contributed by atoms with Crippen LogP contribution in [0.25, 0.3) is 11.1 Å². The molecule has 34 heavy (non-hydrogen) atoms. The number of amides is 2. The fourth-order valence-electron chi connectivity index (χ4n) is 4.08. The number of thiophene rings is 1. The molecule has 172 valence electrons. The average molecular weight is 510 g/mol. The minimum absolute atomic E-state index is 0.305. The molecule has 2 atom stereocenters. The average Bonchev–Trinajstić information content (AvgIpc) is 3.54. The predicted octanol–water partition coefficient (Wildman–Crippen LogP) is 5.80. The van der Waals surface area contributed by atoms with Gasteiger partial charge in [-0.05, 0) is 59.5 Å². The van der Waals surface area contributed by atoms with Crippen molar-refractivity contribution in [3.05, 3.63) is 93.0 Å². The number of hydrazine groups is 1. The number of carbonyl (C=O) groups is 2. The lowest BCUT2D eigenvalue weighted by atomic mass is 9.96. The topological polar surface area (TPSA) is 75.4 Å². The third-order valence-electron chi connectivity index (χ3n) is 5.68. The first-order valence-corrected chi connectivity index (χ1v) is 12.7. The molecule has 2 aromatic heterocycles. The lowest BCUT2D eigenvalue weighted by Crippen LogP contribution is -2.39. The Balaban J connectivity index is 1.47. The van der Waals surface area contributed by atoms with Crippen LogP contribution in [0.3, 0.4) is 0 Å². The summed E-state index contributed by atoms with van der Waals surface area (Å²) in [6, 6.07) is 16.6. The normalized spacial score (nSPS) is 16.7. The molecule has 0 bridgehead atoms. The van der Waals surface area contributed by atoms with E-state index in [1.807, 2.05) is 67.1 Å². The molecular formula is C25H20ClN3O3S2. The molecule has 0 aliphatic carbocycles. The number of nitrogens with one attached hydrogen (secondary N) is 1. The second kappa shape index (κ2) is 9.29. The molecule has 0 saturated carbocycles. The number of aromatic nitrogens is 1. The van der Waals surface area contributed by atoms with E-state index in [-0.39, 0.29) is 11.8 Å². The molecule has 5 rings (SSSR count). The molecule has 2 unspecified atom stereocenters. The molecular weight excluding hydrogens is 490 g/mol. The van der Waals surface area contributed by atoms with Gasteiger partial charge in [0.25, 0.3) is 11.8 Å². The maximum atomic E-state index is 13.4. The van der Waals surface area contributed by atoms with Gasteiger partial charge in [-0.15, -0.1) is 11.8 Å². The highest BCUT2D eigenvalue weighted by atomic mass is 35.5. The summed E-state index contributed by atoms with van der Waals surface area (Å²) in [5.74, 6) is 0.0875. The number of aryl methyl sites for hydroxylation is 2. The molecule has 6 nitrogen and oxygen atoms in total. The van der Waals surface area contributed by atoms with E-state index in [1.165, 1.54) is 16.3 Å². The summed E-state index contributed by atoms with van der Waals surface area (Å²) >= 11 is 8.97. The number of hydrogen-bond donors (Lipinski definition) is 1. The van der Waals surface area contributed by atoms with Crippen molar-refractivity contribution < 1.29 is 14.1 Å².